The van der Waals surface area contributed by atoms with Gasteiger partial charge in [-0.05, 0) is 6.42 Å². The topological polar surface area (TPSA) is 12.0 Å². The lowest BCUT2D eigenvalue weighted by molar-refractivity contribution is 0.841. The molecule has 52 valence electrons. The van der Waals surface area contributed by atoms with Gasteiger partial charge < -0.3 is 5.32 Å². The van der Waals surface area contributed by atoms with Crippen molar-refractivity contribution in [1.29, 1.82) is 0 Å². The molecule has 0 aliphatic heterocycles. The number of hydrogen-bond donors (Lipinski definition) is 1. The highest BCUT2D eigenvalue weighted by atomic mass is 14.8. The molecule has 0 saturated carbocycles. The molecule has 0 rings (SSSR count). The molecule has 1 N–H and O–H groups in total. The molecule has 0 aliphatic rings. The Labute approximate surface area is 57.5 Å². The number of allylic oxidation sites excluding steroid dienone is 1. The molecule has 0 amide bonds. The second-order valence-electron chi connectivity index (χ2n) is 1.83. The van der Waals surface area contributed by atoms with E-state index in [0.717, 1.165) is 19.5 Å². The van der Waals surface area contributed by atoms with Gasteiger partial charge >= 0.3 is 0 Å². The van der Waals surface area contributed by atoms with Crippen molar-refractivity contribution >= 4 is 0 Å². The molecule has 0 aromatic heterocycles. The Morgan fingerprint density at radius 3 is 2.67 bits per heavy atom. The molecule has 0 aromatic carbocycles. The second-order valence-corrected chi connectivity index (χ2v) is 1.83. The van der Waals surface area contributed by atoms with Crippen LogP contribution in [-0.4, -0.2) is 13.1 Å². The summed E-state index contributed by atoms with van der Waals surface area (Å²) in [4.78, 5) is 0. The van der Waals surface area contributed by atoms with E-state index in [9.17, 15) is 0 Å². The number of nitrogens with one attached hydrogen (secondary N) is 1. The smallest absolute Gasteiger partial charge is 0.0137 e. The van der Waals surface area contributed by atoms with Crippen LogP contribution in [0.5, 0.6) is 0 Å². The molecule has 0 saturated heterocycles. The summed E-state index contributed by atoms with van der Waals surface area (Å²) >= 11 is 0. The van der Waals surface area contributed by atoms with Gasteiger partial charge in [0.25, 0.3) is 0 Å². The molecular formula is C8H15N. The van der Waals surface area contributed by atoms with Gasteiger partial charge in [0.2, 0.25) is 0 Å². The summed E-state index contributed by atoms with van der Waals surface area (Å²) in [5.74, 6) is 0. The average molecular weight is 125 g/mol. The highest BCUT2D eigenvalue weighted by Crippen LogP contribution is 1.76. The first-order valence-electron chi connectivity index (χ1n) is 3.38. The monoisotopic (exact) mass is 125 g/mol. The van der Waals surface area contributed by atoms with Crippen molar-refractivity contribution in [2.45, 2.75) is 13.3 Å². The number of hydrogen-bond acceptors (Lipinski definition) is 1. The summed E-state index contributed by atoms with van der Waals surface area (Å²) in [6.45, 7) is 7.58. The standard InChI is InChI=1S/C8H15N/c1-3-5-6-8-9-7-4-2/h4-6,9H,2-3,7-8H2,1H3/b6-5+. The molecule has 0 radical (unpaired) electrons. The summed E-state index contributed by atoms with van der Waals surface area (Å²) in [7, 11) is 0. The maximum atomic E-state index is 3.59. The minimum Gasteiger partial charge on any atom is -0.310 e. The Bertz CT molecular complexity index is 84.6. The van der Waals surface area contributed by atoms with E-state index in [1.54, 1.807) is 0 Å². The van der Waals surface area contributed by atoms with E-state index in [1.165, 1.54) is 0 Å². The van der Waals surface area contributed by atoms with E-state index in [2.05, 4.69) is 31.0 Å². The molecule has 9 heavy (non-hydrogen) atoms. The third-order valence-corrected chi connectivity index (χ3v) is 0.953. The maximum absolute atomic E-state index is 3.59. The zero-order valence-corrected chi connectivity index (χ0v) is 6.06. The van der Waals surface area contributed by atoms with Crippen LogP contribution < -0.4 is 5.32 Å². The normalized spacial score (nSPS) is 10.3. The Morgan fingerprint density at radius 1 is 1.33 bits per heavy atom. The lowest BCUT2D eigenvalue weighted by Gasteiger charge is -1.91. The maximum Gasteiger partial charge on any atom is 0.0137 e. The van der Waals surface area contributed by atoms with Crippen LogP contribution in [0.4, 0.5) is 0 Å². The predicted octanol–water partition coefficient (Wildman–Crippen LogP) is 1.73. The molecule has 1 nitrogen and oxygen atoms in total. The van der Waals surface area contributed by atoms with Gasteiger partial charge in [-0.1, -0.05) is 25.2 Å². The van der Waals surface area contributed by atoms with Crippen LogP contribution in [0, 0.1) is 0 Å². The van der Waals surface area contributed by atoms with Gasteiger partial charge in [0.05, 0.1) is 0 Å². The van der Waals surface area contributed by atoms with E-state index in [-0.39, 0.29) is 0 Å². The third kappa shape index (κ3) is 7.44. The first-order chi connectivity index (χ1) is 4.41. The summed E-state index contributed by atoms with van der Waals surface area (Å²) in [5.41, 5.74) is 0. The van der Waals surface area contributed by atoms with E-state index in [0.29, 0.717) is 0 Å². The molecule has 0 aliphatic carbocycles. The lowest BCUT2D eigenvalue weighted by Crippen LogP contribution is -2.12. The average Bonchev–Trinajstić information content (AvgIpc) is 1.89. The Kier molecular flexibility index (Phi) is 6.98. The van der Waals surface area contributed by atoms with Crippen molar-refractivity contribution in [3.63, 3.8) is 0 Å². The van der Waals surface area contributed by atoms with Crippen molar-refractivity contribution in [1.82, 2.24) is 5.32 Å². The zero-order valence-electron chi connectivity index (χ0n) is 6.06. The molecule has 0 unspecified atom stereocenters. The van der Waals surface area contributed by atoms with Gasteiger partial charge in [0.1, 0.15) is 0 Å². The van der Waals surface area contributed by atoms with Crippen molar-refractivity contribution in [2.24, 2.45) is 0 Å². The summed E-state index contributed by atoms with van der Waals surface area (Å²) in [6.07, 6.45) is 7.26. The highest BCUT2D eigenvalue weighted by Gasteiger charge is 1.73. The van der Waals surface area contributed by atoms with Crippen LogP contribution in [-0.2, 0) is 0 Å². The molecule has 0 fully saturated rings. The van der Waals surface area contributed by atoms with Gasteiger partial charge in [-0.2, -0.15) is 0 Å². The van der Waals surface area contributed by atoms with Gasteiger partial charge in [0, 0.05) is 13.1 Å². The first-order valence-corrected chi connectivity index (χ1v) is 3.38. The van der Waals surface area contributed by atoms with E-state index < -0.39 is 0 Å². The largest absolute Gasteiger partial charge is 0.310 e. The summed E-state index contributed by atoms with van der Waals surface area (Å²) in [5, 5.41) is 3.16. The van der Waals surface area contributed by atoms with Crippen LogP contribution in [0.25, 0.3) is 0 Å². The molecule has 0 aromatic rings. The molecule has 0 atom stereocenters. The minimum atomic E-state index is 0.897. The fourth-order valence-electron chi connectivity index (χ4n) is 0.519. The molecule has 0 bridgehead atoms. The Balaban J connectivity index is 2.90. The summed E-state index contributed by atoms with van der Waals surface area (Å²) in [6, 6.07) is 0. The van der Waals surface area contributed by atoms with Crippen LogP contribution in [0.2, 0.25) is 0 Å². The second kappa shape index (κ2) is 7.44. The van der Waals surface area contributed by atoms with Gasteiger partial charge in [-0.15, -0.1) is 6.58 Å². The number of rotatable bonds is 5. The molecule has 0 heterocycles. The Hall–Kier alpha value is -0.560. The van der Waals surface area contributed by atoms with Crippen LogP contribution >= 0.6 is 0 Å². The van der Waals surface area contributed by atoms with Gasteiger partial charge in [0.15, 0.2) is 0 Å². The quantitative estimate of drug-likeness (QED) is 0.436. The SMILES string of the molecule is C=CCNC/C=C/CC. The fraction of sp³-hybridized carbons (Fsp3) is 0.500. The summed E-state index contributed by atoms with van der Waals surface area (Å²) < 4.78 is 0. The van der Waals surface area contributed by atoms with Crippen LogP contribution in [0.1, 0.15) is 13.3 Å². The molecule has 1 heteroatoms. The van der Waals surface area contributed by atoms with E-state index >= 15 is 0 Å². The Morgan fingerprint density at radius 2 is 2.11 bits per heavy atom. The van der Waals surface area contributed by atoms with E-state index in [4.69, 9.17) is 0 Å². The lowest BCUT2D eigenvalue weighted by atomic mass is 10.4. The molecular weight excluding hydrogens is 110 g/mol. The van der Waals surface area contributed by atoms with Gasteiger partial charge in [-0.3, -0.25) is 0 Å². The fourth-order valence-corrected chi connectivity index (χ4v) is 0.519. The molecule has 0 spiro atoms. The van der Waals surface area contributed by atoms with E-state index in [1.807, 2.05) is 6.08 Å². The van der Waals surface area contributed by atoms with Crippen LogP contribution in [0.15, 0.2) is 24.8 Å². The van der Waals surface area contributed by atoms with Crippen molar-refractivity contribution in [3.05, 3.63) is 24.8 Å². The van der Waals surface area contributed by atoms with Crippen molar-refractivity contribution < 1.29 is 0 Å². The third-order valence-electron chi connectivity index (χ3n) is 0.953. The van der Waals surface area contributed by atoms with Gasteiger partial charge in [-0.25, -0.2) is 0 Å². The van der Waals surface area contributed by atoms with Crippen molar-refractivity contribution in [2.75, 3.05) is 13.1 Å². The minimum absolute atomic E-state index is 0.897. The first kappa shape index (κ1) is 8.44. The van der Waals surface area contributed by atoms with Crippen LogP contribution in [0.3, 0.4) is 0 Å². The highest BCUT2D eigenvalue weighted by molar-refractivity contribution is 4.83. The van der Waals surface area contributed by atoms with Crippen molar-refractivity contribution in [3.8, 4) is 0 Å². The predicted molar refractivity (Wildman–Crippen MR) is 42.5 cm³/mol. The zero-order chi connectivity index (χ0) is 6.95.